The number of hydrogen-bond acceptors (Lipinski definition) is 5. The average molecular weight is 460 g/mol. The van der Waals surface area contributed by atoms with Gasteiger partial charge in [0.2, 0.25) is 6.79 Å². The van der Waals surface area contributed by atoms with Crippen molar-refractivity contribution in [1.29, 1.82) is 0 Å². The van der Waals surface area contributed by atoms with Crippen molar-refractivity contribution >= 4 is 12.0 Å². The molecule has 34 heavy (non-hydrogen) atoms. The highest BCUT2D eigenvalue weighted by atomic mass is 16.7. The van der Waals surface area contributed by atoms with Crippen molar-refractivity contribution in [2.75, 3.05) is 34.1 Å². The first-order valence-corrected chi connectivity index (χ1v) is 11.2. The summed E-state index contributed by atoms with van der Waals surface area (Å²) in [6.07, 6.45) is 2.78. The summed E-state index contributed by atoms with van der Waals surface area (Å²) in [6, 6.07) is 21.3. The molecule has 1 aliphatic heterocycles. The van der Waals surface area contributed by atoms with E-state index in [1.807, 2.05) is 48.2 Å². The van der Waals surface area contributed by atoms with Crippen molar-refractivity contribution in [3.8, 4) is 23.0 Å². The zero-order valence-corrected chi connectivity index (χ0v) is 19.7. The van der Waals surface area contributed by atoms with Crippen LogP contribution in [0, 0.1) is 0 Å². The molecule has 6 heteroatoms. The number of carbonyl (C=O) groups excluding carboxylic acids is 1. The normalized spacial score (nSPS) is 12.4. The van der Waals surface area contributed by atoms with E-state index in [0.29, 0.717) is 48.1 Å². The summed E-state index contributed by atoms with van der Waals surface area (Å²) in [5.74, 6) is 2.56. The molecular weight excluding hydrogens is 430 g/mol. The molecule has 0 bridgehead atoms. The van der Waals surface area contributed by atoms with Gasteiger partial charge in [0.25, 0.3) is 5.91 Å². The minimum Gasteiger partial charge on any atom is -0.493 e. The Balaban J connectivity index is 1.55. The van der Waals surface area contributed by atoms with Crippen LogP contribution in [0.15, 0.2) is 72.3 Å². The molecule has 0 unspecified atom stereocenters. The molecule has 3 aromatic carbocycles. The SMILES string of the molecule is COc1ccc(CCN(CC(C)=Cc2ccccc2)C(=O)c2ccc3c(c2)OCO3)cc1OC. The molecular formula is C28H29NO5. The fourth-order valence-electron chi connectivity index (χ4n) is 3.95. The summed E-state index contributed by atoms with van der Waals surface area (Å²) in [5, 5.41) is 0. The number of amides is 1. The maximum Gasteiger partial charge on any atom is 0.254 e. The minimum absolute atomic E-state index is 0.0559. The van der Waals surface area contributed by atoms with Gasteiger partial charge in [0, 0.05) is 18.7 Å². The van der Waals surface area contributed by atoms with Crippen molar-refractivity contribution in [2.45, 2.75) is 13.3 Å². The molecule has 0 N–H and O–H groups in total. The molecule has 1 aliphatic rings. The average Bonchev–Trinajstić information content (AvgIpc) is 3.34. The zero-order chi connectivity index (χ0) is 23.9. The van der Waals surface area contributed by atoms with E-state index in [4.69, 9.17) is 18.9 Å². The number of methoxy groups -OCH3 is 2. The highest BCUT2D eigenvalue weighted by Gasteiger charge is 2.21. The standard InChI is InChI=1S/C28H29NO5/c1-20(15-21-7-5-4-6-8-21)18-29(14-13-22-9-11-24(31-2)26(16-22)32-3)28(30)23-10-12-25-27(17-23)34-19-33-25/h4-12,15-17H,13-14,18-19H2,1-3H3. The number of ether oxygens (including phenoxy) is 4. The molecule has 0 radical (unpaired) electrons. The van der Waals surface area contributed by atoms with Crippen LogP contribution in [0.1, 0.15) is 28.4 Å². The number of benzene rings is 3. The summed E-state index contributed by atoms with van der Waals surface area (Å²) in [6.45, 7) is 3.27. The van der Waals surface area contributed by atoms with Gasteiger partial charge in [0.15, 0.2) is 23.0 Å². The largest absolute Gasteiger partial charge is 0.493 e. The highest BCUT2D eigenvalue weighted by Crippen LogP contribution is 2.33. The molecule has 1 amide bonds. The molecule has 1 heterocycles. The maximum absolute atomic E-state index is 13.5. The van der Waals surface area contributed by atoms with Crippen molar-refractivity contribution in [1.82, 2.24) is 4.90 Å². The minimum atomic E-state index is -0.0559. The maximum atomic E-state index is 13.5. The van der Waals surface area contributed by atoms with Crippen LogP contribution >= 0.6 is 0 Å². The summed E-state index contributed by atoms with van der Waals surface area (Å²) in [7, 11) is 3.24. The Bertz CT molecular complexity index is 1170. The third kappa shape index (κ3) is 5.52. The Morgan fingerprint density at radius 1 is 0.941 bits per heavy atom. The van der Waals surface area contributed by atoms with Crippen LogP contribution in [-0.2, 0) is 6.42 Å². The van der Waals surface area contributed by atoms with Crippen LogP contribution < -0.4 is 18.9 Å². The molecule has 0 atom stereocenters. The van der Waals surface area contributed by atoms with E-state index in [0.717, 1.165) is 16.7 Å². The Morgan fingerprint density at radius 3 is 2.47 bits per heavy atom. The lowest BCUT2D eigenvalue weighted by atomic mass is 10.1. The van der Waals surface area contributed by atoms with E-state index < -0.39 is 0 Å². The van der Waals surface area contributed by atoms with Crippen molar-refractivity contribution in [3.05, 3.63) is 89.0 Å². The van der Waals surface area contributed by atoms with Gasteiger partial charge in [-0.25, -0.2) is 0 Å². The molecule has 176 valence electrons. The molecule has 0 aromatic heterocycles. The second-order valence-corrected chi connectivity index (χ2v) is 8.14. The van der Waals surface area contributed by atoms with Gasteiger partial charge in [0.05, 0.1) is 14.2 Å². The van der Waals surface area contributed by atoms with E-state index in [1.165, 1.54) is 0 Å². The van der Waals surface area contributed by atoms with Crippen LogP contribution in [0.4, 0.5) is 0 Å². The molecule has 0 spiro atoms. The van der Waals surface area contributed by atoms with Crippen molar-refractivity contribution < 1.29 is 23.7 Å². The van der Waals surface area contributed by atoms with E-state index in [1.54, 1.807) is 32.4 Å². The Hall–Kier alpha value is -3.93. The van der Waals surface area contributed by atoms with Gasteiger partial charge < -0.3 is 23.8 Å². The quantitative estimate of drug-likeness (QED) is 0.439. The van der Waals surface area contributed by atoms with Crippen LogP contribution in [0.25, 0.3) is 6.08 Å². The van der Waals surface area contributed by atoms with Crippen LogP contribution in [-0.4, -0.2) is 44.9 Å². The van der Waals surface area contributed by atoms with Gasteiger partial charge >= 0.3 is 0 Å². The predicted molar refractivity (Wildman–Crippen MR) is 132 cm³/mol. The second kappa shape index (κ2) is 10.8. The van der Waals surface area contributed by atoms with E-state index in [-0.39, 0.29) is 12.7 Å². The van der Waals surface area contributed by atoms with Gasteiger partial charge in [-0.05, 0) is 54.8 Å². The molecule has 0 fully saturated rings. The predicted octanol–water partition coefficient (Wildman–Crippen LogP) is 5.22. The van der Waals surface area contributed by atoms with Crippen molar-refractivity contribution in [2.24, 2.45) is 0 Å². The Labute approximate surface area is 200 Å². The van der Waals surface area contributed by atoms with Gasteiger partial charge in [-0.1, -0.05) is 48.0 Å². The van der Waals surface area contributed by atoms with Crippen LogP contribution in [0.2, 0.25) is 0 Å². The lowest BCUT2D eigenvalue weighted by Crippen LogP contribution is -2.34. The zero-order valence-electron chi connectivity index (χ0n) is 19.7. The van der Waals surface area contributed by atoms with E-state index in [2.05, 4.69) is 18.2 Å². The van der Waals surface area contributed by atoms with E-state index >= 15 is 0 Å². The molecule has 3 aromatic rings. The first-order chi connectivity index (χ1) is 16.6. The molecule has 0 aliphatic carbocycles. The van der Waals surface area contributed by atoms with Gasteiger partial charge in [-0.3, -0.25) is 4.79 Å². The van der Waals surface area contributed by atoms with Crippen molar-refractivity contribution in [3.63, 3.8) is 0 Å². The topological polar surface area (TPSA) is 57.2 Å². The Morgan fingerprint density at radius 2 is 1.71 bits per heavy atom. The third-order valence-corrected chi connectivity index (χ3v) is 5.68. The number of hydrogen-bond donors (Lipinski definition) is 0. The lowest BCUT2D eigenvalue weighted by Gasteiger charge is -2.24. The third-order valence-electron chi connectivity index (χ3n) is 5.68. The molecule has 0 saturated carbocycles. The first kappa shape index (κ1) is 23.2. The number of nitrogens with zero attached hydrogens (tertiary/aromatic N) is 1. The monoisotopic (exact) mass is 459 g/mol. The molecule has 4 rings (SSSR count). The van der Waals surface area contributed by atoms with Gasteiger partial charge in [-0.15, -0.1) is 0 Å². The van der Waals surface area contributed by atoms with Gasteiger partial charge in [-0.2, -0.15) is 0 Å². The lowest BCUT2D eigenvalue weighted by molar-refractivity contribution is 0.0771. The summed E-state index contributed by atoms with van der Waals surface area (Å²) in [5.41, 5.74) is 3.83. The van der Waals surface area contributed by atoms with Crippen LogP contribution in [0.5, 0.6) is 23.0 Å². The summed E-state index contributed by atoms with van der Waals surface area (Å²) < 4.78 is 21.6. The van der Waals surface area contributed by atoms with E-state index in [9.17, 15) is 4.79 Å². The highest BCUT2D eigenvalue weighted by molar-refractivity contribution is 5.95. The molecule has 0 saturated heterocycles. The number of rotatable bonds is 9. The smallest absolute Gasteiger partial charge is 0.254 e. The van der Waals surface area contributed by atoms with Gasteiger partial charge in [0.1, 0.15) is 0 Å². The number of carbonyl (C=O) groups is 1. The number of fused-ring (bicyclic) bond motifs is 1. The summed E-state index contributed by atoms with van der Waals surface area (Å²) in [4.78, 5) is 15.4. The second-order valence-electron chi connectivity index (χ2n) is 8.14. The molecule has 6 nitrogen and oxygen atoms in total. The fraction of sp³-hybridized carbons (Fsp3) is 0.250. The van der Waals surface area contributed by atoms with Crippen LogP contribution in [0.3, 0.4) is 0 Å². The summed E-state index contributed by atoms with van der Waals surface area (Å²) >= 11 is 0. The Kier molecular flexibility index (Phi) is 7.38. The first-order valence-electron chi connectivity index (χ1n) is 11.2. The fourth-order valence-corrected chi connectivity index (χ4v) is 3.95.